The van der Waals surface area contributed by atoms with E-state index < -0.39 is 0 Å². The molecule has 2 aromatic rings. The molecule has 112 valence electrons. The van der Waals surface area contributed by atoms with Crippen LogP contribution in [0.1, 0.15) is 42.3 Å². The van der Waals surface area contributed by atoms with Gasteiger partial charge in [0.1, 0.15) is 17.2 Å². The zero-order valence-corrected chi connectivity index (χ0v) is 13.7. The smallest absolute Gasteiger partial charge is 0.194 e. The van der Waals surface area contributed by atoms with E-state index in [0.717, 1.165) is 27.5 Å². The third-order valence-electron chi connectivity index (χ3n) is 3.36. The Kier molecular flexibility index (Phi) is 4.74. The van der Waals surface area contributed by atoms with Gasteiger partial charge in [-0.1, -0.05) is 13.8 Å². The van der Waals surface area contributed by atoms with Crippen molar-refractivity contribution in [3.05, 3.63) is 28.8 Å². The minimum atomic E-state index is 0.243. The molecule has 0 aliphatic heterocycles. The molecule has 0 atom stereocenters. The molecule has 0 radical (unpaired) electrons. The largest absolute Gasteiger partial charge is 0.308 e. The molecule has 2 rings (SSSR count). The lowest BCUT2D eigenvalue weighted by Gasteiger charge is -2.14. The number of hydrogen-bond acceptors (Lipinski definition) is 7. The van der Waals surface area contributed by atoms with Gasteiger partial charge in [0.15, 0.2) is 5.16 Å². The Hall–Kier alpha value is -1.73. The van der Waals surface area contributed by atoms with Crippen LogP contribution in [0.2, 0.25) is 0 Å². The first-order chi connectivity index (χ1) is 9.93. The van der Waals surface area contributed by atoms with Gasteiger partial charge in [0.25, 0.3) is 0 Å². The molecule has 3 N–H and O–H groups in total. The van der Waals surface area contributed by atoms with Gasteiger partial charge in [0.05, 0.1) is 0 Å². The van der Waals surface area contributed by atoms with Crippen LogP contribution in [-0.4, -0.2) is 19.9 Å². The number of rotatable bonds is 4. The van der Waals surface area contributed by atoms with E-state index in [0.29, 0.717) is 11.0 Å². The number of nitrogens with one attached hydrogen (secondary N) is 1. The molecule has 0 spiro atoms. The molecule has 0 fully saturated rings. The molecule has 0 aliphatic rings. The van der Waals surface area contributed by atoms with E-state index in [4.69, 9.17) is 5.84 Å². The third kappa shape index (κ3) is 3.30. The highest BCUT2D eigenvalue weighted by Crippen LogP contribution is 2.34. The van der Waals surface area contributed by atoms with Crippen molar-refractivity contribution in [2.75, 3.05) is 5.43 Å². The van der Waals surface area contributed by atoms with Crippen molar-refractivity contribution < 1.29 is 0 Å². The van der Waals surface area contributed by atoms with Crippen LogP contribution >= 0.6 is 11.8 Å². The summed E-state index contributed by atoms with van der Waals surface area (Å²) in [6.07, 6.45) is 1.50. The van der Waals surface area contributed by atoms with Gasteiger partial charge >= 0.3 is 0 Å². The van der Waals surface area contributed by atoms with E-state index in [9.17, 15) is 0 Å². The highest BCUT2D eigenvalue weighted by atomic mass is 32.2. The molecule has 2 aromatic heterocycles. The monoisotopic (exact) mass is 304 g/mol. The summed E-state index contributed by atoms with van der Waals surface area (Å²) >= 11 is 1.44. The van der Waals surface area contributed by atoms with Gasteiger partial charge in [-0.3, -0.25) is 0 Å². The first-order valence-electron chi connectivity index (χ1n) is 6.75. The van der Waals surface area contributed by atoms with Crippen molar-refractivity contribution in [3.8, 4) is 0 Å². The maximum absolute atomic E-state index is 5.54. The summed E-state index contributed by atoms with van der Waals surface area (Å²) in [7, 11) is 0. The molecule has 0 amide bonds. The summed E-state index contributed by atoms with van der Waals surface area (Å²) in [4.78, 5) is 17.6. The van der Waals surface area contributed by atoms with Crippen LogP contribution in [0.5, 0.6) is 0 Å². The maximum Gasteiger partial charge on any atom is 0.194 e. The van der Waals surface area contributed by atoms with Crippen LogP contribution in [0.25, 0.3) is 0 Å². The number of hydrogen-bond donors (Lipinski definition) is 2. The summed E-state index contributed by atoms with van der Waals surface area (Å²) in [5.74, 6) is 6.42. The number of nitrogen functional groups attached to an aromatic ring is 1. The number of aryl methyl sites for hydroxylation is 2. The minimum Gasteiger partial charge on any atom is -0.308 e. The van der Waals surface area contributed by atoms with E-state index in [1.165, 1.54) is 18.1 Å². The van der Waals surface area contributed by atoms with Crippen molar-refractivity contribution >= 4 is 17.6 Å². The highest BCUT2D eigenvalue weighted by molar-refractivity contribution is 7.99. The lowest BCUT2D eigenvalue weighted by molar-refractivity contribution is 0.800. The van der Waals surface area contributed by atoms with Crippen molar-refractivity contribution in [3.63, 3.8) is 0 Å². The molecule has 0 aromatic carbocycles. The summed E-state index contributed by atoms with van der Waals surface area (Å²) in [6.45, 7) is 10.2. The normalized spacial score (nSPS) is 11.0. The number of nitrogens with two attached hydrogens (primary N) is 1. The Bertz CT molecular complexity index is 633. The van der Waals surface area contributed by atoms with E-state index >= 15 is 0 Å². The first kappa shape index (κ1) is 15.7. The Morgan fingerprint density at radius 2 is 1.71 bits per heavy atom. The quantitative estimate of drug-likeness (QED) is 0.388. The number of anilines is 1. The average Bonchev–Trinajstić information content (AvgIpc) is 2.44. The molecular weight excluding hydrogens is 284 g/mol. The number of nitrogens with zero attached hydrogens (tertiary/aromatic N) is 4. The average molecular weight is 304 g/mol. The predicted octanol–water partition coefficient (Wildman–Crippen LogP) is 2.75. The van der Waals surface area contributed by atoms with Crippen LogP contribution in [0.15, 0.2) is 16.5 Å². The standard InChI is InChI=1S/C14H20N6S/c1-7(2)11-12(20-15)16-6-17-13(11)21-14-18-9(4)8(3)10(5)19-14/h6-7H,15H2,1-5H3,(H,16,17,20). The van der Waals surface area contributed by atoms with Gasteiger partial charge in [0, 0.05) is 17.0 Å². The van der Waals surface area contributed by atoms with Gasteiger partial charge in [-0.15, -0.1) is 0 Å². The highest BCUT2D eigenvalue weighted by Gasteiger charge is 2.17. The van der Waals surface area contributed by atoms with E-state index in [-0.39, 0.29) is 5.92 Å². The summed E-state index contributed by atoms with van der Waals surface area (Å²) in [5.41, 5.74) is 6.70. The SMILES string of the molecule is Cc1nc(Sc2ncnc(NN)c2C(C)C)nc(C)c1C. The predicted molar refractivity (Wildman–Crippen MR) is 84.3 cm³/mol. The third-order valence-corrected chi connectivity index (χ3v) is 4.25. The van der Waals surface area contributed by atoms with Crippen LogP contribution in [-0.2, 0) is 0 Å². The molecule has 0 bridgehead atoms. The second-order valence-electron chi connectivity index (χ2n) is 5.14. The molecule has 0 saturated carbocycles. The molecular formula is C14H20N6S. The van der Waals surface area contributed by atoms with E-state index in [1.54, 1.807) is 0 Å². The van der Waals surface area contributed by atoms with Gasteiger partial charge in [-0.05, 0) is 44.0 Å². The molecule has 7 heteroatoms. The van der Waals surface area contributed by atoms with Gasteiger partial charge < -0.3 is 5.43 Å². The summed E-state index contributed by atoms with van der Waals surface area (Å²) < 4.78 is 0. The Labute approximate surface area is 129 Å². The molecule has 0 unspecified atom stereocenters. The van der Waals surface area contributed by atoms with Gasteiger partial charge in [-0.25, -0.2) is 25.8 Å². The van der Waals surface area contributed by atoms with Crippen molar-refractivity contribution in [1.82, 2.24) is 19.9 Å². The second kappa shape index (κ2) is 6.36. The zero-order valence-electron chi connectivity index (χ0n) is 12.9. The van der Waals surface area contributed by atoms with Crippen molar-refractivity contribution in [2.45, 2.75) is 50.7 Å². The van der Waals surface area contributed by atoms with Crippen molar-refractivity contribution in [2.24, 2.45) is 5.84 Å². The lowest BCUT2D eigenvalue weighted by Crippen LogP contribution is -2.13. The fraction of sp³-hybridized carbons (Fsp3) is 0.429. The Morgan fingerprint density at radius 3 is 2.24 bits per heavy atom. The Morgan fingerprint density at radius 1 is 1.10 bits per heavy atom. The molecule has 6 nitrogen and oxygen atoms in total. The van der Waals surface area contributed by atoms with Gasteiger partial charge in [-0.2, -0.15) is 0 Å². The van der Waals surface area contributed by atoms with Crippen LogP contribution in [0.4, 0.5) is 5.82 Å². The Balaban J connectivity index is 2.44. The zero-order chi connectivity index (χ0) is 15.6. The summed E-state index contributed by atoms with van der Waals surface area (Å²) in [5, 5.41) is 1.52. The van der Waals surface area contributed by atoms with Gasteiger partial charge in [0.2, 0.25) is 0 Å². The molecule has 0 saturated heterocycles. The fourth-order valence-corrected chi connectivity index (χ4v) is 3.05. The number of aromatic nitrogens is 4. The topological polar surface area (TPSA) is 89.6 Å². The van der Waals surface area contributed by atoms with E-state index in [1.807, 2.05) is 20.8 Å². The molecule has 21 heavy (non-hydrogen) atoms. The van der Waals surface area contributed by atoms with Crippen molar-refractivity contribution in [1.29, 1.82) is 0 Å². The molecule has 0 aliphatic carbocycles. The second-order valence-corrected chi connectivity index (χ2v) is 6.10. The van der Waals surface area contributed by atoms with Crippen LogP contribution < -0.4 is 11.3 Å². The van der Waals surface area contributed by atoms with Crippen LogP contribution in [0, 0.1) is 20.8 Å². The first-order valence-corrected chi connectivity index (χ1v) is 7.56. The van der Waals surface area contributed by atoms with E-state index in [2.05, 4.69) is 39.2 Å². The lowest BCUT2D eigenvalue weighted by atomic mass is 10.1. The maximum atomic E-state index is 5.54. The summed E-state index contributed by atoms with van der Waals surface area (Å²) in [6, 6.07) is 0. The number of hydrazine groups is 1. The van der Waals surface area contributed by atoms with Crippen LogP contribution in [0.3, 0.4) is 0 Å². The minimum absolute atomic E-state index is 0.243. The molecule has 2 heterocycles. The fourth-order valence-electron chi connectivity index (χ4n) is 1.97.